The lowest BCUT2D eigenvalue weighted by Crippen LogP contribution is -2.45. The van der Waals surface area contributed by atoms with Crippen molar-refractivity contribution in [3.63, 3.8) is 0 Å². The van der Waals surface area contributed by atoms with Crippen molar-refractivity contribution in [2.75, 3.05) is 13.1 Å². The molecule has 2 rings (SSSR count). The zero-order valence-corrected chi connectivity index (χ0v) is 13.2. The maximum absolute atomic E-state index is 11.8. The largest absolute Gasteiger partial charge is 0.352 e. The predicted molar refractivity (Wildman–Crippen MR) is 83.7 cm³/mol. The van der Waals surface area contributed by atoms with Crippen molar-refractivity contribution in [1.82, 2.24) is 10.6 Å². The lowest BCUT2D eigenvalue weighted by molar-refractivity contribution is -0.121. The molecule has 2 N–H and O–H groups in total. The third-order valence-electron chi connectivity index (χ3n) is 3.19. The number of rotatable bonds is 4. The van der Waals surface area contributed by atoms with Crippen LogP contribution >= 0.6 is 28.3 Å². The lowest BCUT2D eigenvalue weighted by Gasteiger charge is -2.23. The topological polar surface area (TPSA) is 41.1 Å². The number of hydrogen-bond acceptors (Lipinski definition) is 2. The van der Waals surface area contributed by atoms with Gasteiger partial charge in [-0.25, -0.2) is 0 Å². The van der Waals surface area contributed by atoms with Gasteiger partial charge in [-0.15, -0.1) is 12.4 Å². The van der Waals surface area contributed by atoms with Crippen molar-refractivity contribution >= 4 is 34.2 Å². The summed E-state index contributed by atoms with van der Waals surface area (Å²) in [5, 5.41) is 6.39. The molecule has 1 aromatic rings. The van der Waals surface area contributed by atoms with Crippen LogP contribution in [0, 0.1) is 0 Å². The highest BCUT2D eigenvalue weighted by molar-refractivity contribution is 9.10. The van der Waals surface area contributed by atoms with Crippen LogP contribution in [0.25, 0.3) is 0 Å². The molecule has 0 radical (unpaired) electrons. The van der Waals surface area contributed by atoms with Crippen LogP contribution in [0.3, 0.4) is 0 Å². The minimum Gasteiger partial charge on any atom is -0.352 e. The number of aryl methyl sites for hydroxylation is 1. The Morgan fingerprint density at radius 3 is 3.00 bits per heavy atom. The summed E-state index contributed by atoms with van der Waals surface area (Å²) in [5.41, 5.74) is 1.20. The van der Waals surface area contributed by atoms with Crippen molar-refractivity contribution in [3.8, 4) is 0 Å². The van der Waals surface area contributed by atoms with Gasteiger partial charge in [0, 0.05) is 23.5 Å². The van der Waals surface area contributed by atoms with Gasteiger partial charge < -0.3 is 10.6 Å². The van der Waals surface area contributed by atoms with E-state index in [4.69, 9.17) is 0 Å². The van der Waals surface area contributed by atoms with E-state index in [9.17, 15) is 4.79 Å². The first-order chi connectivity index (χ1) is 8.74. The summed E-state index contributed by atoms with van der Waals surface area (Å²) in [6.07, 6.45) is 3.60. The Morgan fingerprint density at radius 2 is 2.32 bits per heavy atom. The Labute approximate surface area is 129 Å². The summed E-state index contributed by atoms with van der Waals surface area (Å²) < 4.78 is 1.07. The number of amides is 1. The summed E-state index contributed by atoms with van der Waals surface area (Å²) in [7, 11) is 0. The summed E-state index contributed by atoms with van der Waals surface area (Å²) in [6, 6.07) is 8.43. The number of benzene rings is 1. The van der Waals surface area contributed by atoms with Crippen LogP contribution in [0.5, 0.6) is 0 Å². The van der Waals surface area contributed by atoms with E-state index < -0.39 is 0 Å². The van der Waals surface area contributed by atoms with Crippen molar-refractivity contribution in [2.24, 2.45) is 0 Å². The Bertz CT molecular complexity index is 408. The van der Waals surface area contributed by atoms with Gasteiger partial charge in [-0.3, -0.25) is 4.79 Å². The van der Waals surface area contributed by atoms with Crippen LogP contribution in [-0.2, 0) is 11.2 Å². The highest BCUT2D eigenvalue weighted by Gasteiger charge is 2.14. The van der Waals surface area contributed by atoms with E-state index in [1.165, 1.54) is 5.56 Å². The molecule has 3 nitrogen and oxygen atoms in total. The minimum atomic E-state index is 0. The molecule has 0 aliphatic carbocycles. The van der Waals surface area contributed by atoms with Gasteiger partial charge in [-0.1, -0.05) is 28.1 Å². The molecule has 19 heavy (non-hydrogen) atoms. The Kier molecular flexibility index (Phi) is 7.42. The average molecular weight is 348 g/mol. The van der Waals surface area contributed by atoms with Crippen LogP contribution in [0.1, 0.15) is 24.8 Å². The van der Waals surface area contributed by atoms with Crippen LogP contribution < -0.4 is 10.6 Å². The molecular weight excluding hydrogens is 328 g/mol. The Morgan fingerprint density at radius 1 is 1.47 bits per heavy atom. The quantitative estimate of drug-likeness (QED) is 0.879. The fraction of sp³-hybridized carbons (Fsp3) is 0.500. The third-order valence-corrected chi connectivity index (χ3v) is 3.69. The van der Waals surface area contributed by atoms with E-state index in [0.29, 0.717) is 12.5 Å². The molecular formula is C14H20BrClN2O. The molecule has 0 spiro atoms. The first-order valence-electron chi connectivity index (χ1n) is 6.48. The molecule has 0 bridgehead atoms. The number of nitrogens with one attached hydrogen (secondary N) is 2. The number of hydrogen-bond donors (Lipinski definition) is 2. The number of carbonyl (C=O) groups is 1. The summed E-state index contributed by atoms with van der Waals surface area (Å²) >= 11 is 3.44. The molecule has 1 atom stereocenters. The number of piperidine rings is 1. The predicted octanol–water partition coefficient (Wildman–Crippen LogP) is 2.67. The van der Waals surface area contributed by atoms with E-state index >= 15 is 0 Å². The number of carbonyl (C=O) groups excluding carboxylic acids is 1. The van der Waals surface area contributed by atoms with Crippen LogP contribution in [0.15, 0.2) is 28.7 Å². The molecule has 0 aromatic heterocycles. The second-order valence-corrected chi connectivity index (χ2v) is 5.66. The first kappa shape index (κ1) is 16.5. The monoisotopic (exact) mass is 346 g/mol. The standard InChI is InChI=1S/C14H19BrN2O.ClH/c15-12-4-1-3-11(9-12)6-7-14(18)17-13-5-2-8-16-10-13;/h1,3-4,9,13,16H,2,5-8,10H2,(H,17,18);1H. The van der Waals surface area contributed by atoms with E-state index in [1.54, 1.807) is 0 Å². The fourth-order valence-electron chi connectivity index (χ4n) is 2.23. The molecule has 5 heteroatoms. The molecule has 1 heterocycles. The van der Waals surface area contributed by atoms with E-state index in [-0.39, 0.29) is 18.3 Å². The van der Waals surface area contributed by atoms with Crippen molar-refractivity contribution in [3.05, 3.63) is 34.3 Å². The van der Waals surface area contributed by atoms with Gasteiger partial charge in [-0.2, -0.15) is 0 Å². The normalized spacial score (nSPS) is 18.5. The van der Waals surface area contributed by atoms with E-state index in [2.05, 4.69) is 38.7 Å². The van der Waals surface area contributed by atoms with Crippen LogP contribution in [-0.4, -0.2) is 25.0 Å². The lowest BCUT2D eigenvalue weighted by atomic mass is 10.1. The van der Waals surface area contributed by atoms with E-state index in [1.807, 2.05) is 12.1 Å². The smallest absolute Gasteiger partial charge is 0.220 e. The highest BCUT2D eigenvalue weighted by Crippen LogP contribution is 2.13. The maximum atomic E-state index is 11.8. The fourth-order valence-corrected chi connectivity index (χ4v) is 2.67. The second kappa shape index (κ2) is 8.56. The van der Waals surface area contributed by atoms with E-state index in [0.717, 1.165) is 36.8 Å². The molecule has 0 saturated carbocycles. The summed E-state index contributed by atoms with van der Waals surface area (Å²) in [4.78, 5) is 11.8. The molecule has 1 amide bonds. The second-order valence-electron chi connectivity index (χ2n) is 4.74. The van der Waals surface area contributed by atoms with Crippen molar-refractivity contribution in [1.29, 1.82) is 0 Å². The summed E-state index contributed by atoms with van der Waals surface area (Å²) in [5.74, 6) is 0.156. The van der Waals surface area contributed by atoms with Gasteiger partial charge in [0.2, 0.25) is 5.91 Å². The maximum Gasteiger partial charge on any atom is 0.220 e. The van der Waals surface area contributed by atoms with Crippen molar-refractivity contribution < 1.29 is 4.79 Å². The van der Waals surface area contributed by atoms with Gasteiger partial charge in [0.25, 0.3) is 0 Å². The van der Waals surface area contributed by atoms with Gasteiger partial charge >= 0.3 is 0 Å². The molecule has 1 fully saturated rings. The first-order valence-corrected chi connectivity index (χ1v) is 7.28. The van der Waals surface area contributed by atoms with Crippen LogP contribution in [0.2, 0.25) is 0 Å². The number of halogens is 2. The molecule has 1 saturated heterocycles. The van der Waals surface area contributed by atoms with Crippen molar-refractivity contribution in [2.45, 2.75) is 31.7 Å². The summed E-state index contributed by atoms with van der Waals surface area (Å²) in [6.45, 7) is 1.98. The third kappa shape index (κ3) is 5.93. The zero-order chi connectivity index (χ0) is 12.8. The highest BCUT2D eigenvalue weighted by atomic mass is 79.9. The molecule has 106 valence electrons. The molecule has 1 aromatic carbocycles. The van der Waals surface area contributed by atoms with Gasteiger partial charge in [0.1, 0.15) is 0 Å². The molecule has 1 unspecified atom stereocenters. The van der Waals surface area contributed by atoms with Gasteiger partial charge in [0.05, 0.1) is 0 Å². The minimum absolute atomic E-state index is 0. The molecule has 1 aliphatic rings. The zero-order valence-electron chi connectivity index (χ0n) is 10.8. The van der Waals surface area contributed by atoms with Gasteiger partial charge in [-0.05, 0) is 43.5 Å². The SMILES string of the molecule is Cl.O=C(CCc1cccc(Br)c1)NC1CCCNC1. The van der Waals surface area contributed by atoms with Gasteiger partial charge in [0.15, 0.2) is 0 Å². The Balaban J connectivity index is 0.00000180. The average Bonchev–Trinajstić information content (AvgIpc) is 2.38. The molecule has 1 aliphatic heterocycles. The van der Waals surface area contributed by atoms with Crippen LogP contribution in [0.4, 0.5) is 0 Å². The Hall–Kier alpha value is -0.580.